The zero-order valence-electron chi connectivity index (χ0n) is 12.2. The van der Waals surface area contributed by atoms with Gasteiger partial charge in [0.2, 0.25) is 0 Å². The first kappa shape index (κ1) is 17.9. The first-order valence-electron chi connectivity index (χ1n) is 6.30. The molecule has 2 heteroatoms. The molecule has 1 N–H and O–H groups in total. The molecule has 0 fully saturated rings. The van der Waals surface area contributed by atoms with Crippen LogP contribution in [0.1, 0.15) is 74.1 Å². The zero-order chi connectivity index (χ0) is 13.4. The van der Waals surface area contributed by atoms with Gasteiger partial charge in [0.05, 0.1) is 5.41 Å². The second-order valence-corrected chi connectivity index (χ2v) is 6.21. The molecule has 0 aliphatic heterocycles. The summed E-state index contributed by atoms with van der Waals surface area (Å²) in [4.78, 5) is 10.5. The average Bonchev–Trinajstić information content (AvgIpc) is 2.14. The smallest absolute Gasteiger partial charge is 0.309 e. The van der Waals surface area contributed by atoms with Gasteiger partial charge in [0.25, 0.3) is 0 Å². The second kappa shape index (κ2) is 7.70. The number of carboxylic acid groups (broad SMARTS) is 1. The van der Waals surface area contributed by atoms with Crippen molar-refractivity contribution in [2.75, 3.05) is 0 Å². The Hall–Kier alpha value is -0.530. The molecule has 0 aliphatic carbocycles. The van der Waals surface area contributed by atoms with Crippen LogP contribution in [0.2, 0.25) is 0 Å². The number of carboxylic acids is 1. The van der Waals surface area contributed by atoms with E-state index in [1.807, 2.05) is 0 Å². The molecule has 0 bridgehead atoms. The summed E-state index contributed by atoms with van der Waals surface area (Å²) in [6.07, 6.45) is 4.11. The third-order valence-electron chi connectivity index (χ3n) is 2.79. The van der Waals surface area contributed by atoms with Gasteiger partial charge in [0.15, 0.2) is 0 Å². The normalized spacial score (nSPS) is 11.7. The van der Waals surface area contributed by atoms with Crippen molar-refractivity contribution in [3.8, 4) is 0 Å². The van der Waals surface area contributed by atoms with Crippen molar-refractivity contribution in [3.63, 3.8) is 0 Å². The van der Waals surface area contributed by atoms with E-state index in [2.05, 4.69) is 34.6 Å². The lowest BCUT2D eigenvalue weighted by Crippen LogP contribution is -2.23. The average molecular weight is 230 g/mol. The number of hydrogen-bond acceptors (Lipinski definition) is 1. The Kier molecular flexibility index (Phi) is 8.59. The molecule has 0 saturated heterocycles. The van der Waals surface area contributed by atoms with Crippen LogP contribution < -0.4 is 0 Å². The summed E-state index contributed by atoms with van der Waals surface area (Å²) in [5, 5.41) is 8.67. The van der Waals surface area contributed by atoms with Crippen molar-refractivity contribution >= 4 is 5.97 Å². The molecule has 0 rings (SSSR count). The van der Waals surface area contributed by atoms with E-state index >= 15 is 0 Å². The summed E-state index contributed by atoms with van der Waals surface area (Å²) in [6, 6.07) is 0. The Bertz CT molecular complexity index is 187. The molecule has 2 nitrogen and oxygen atoms in total. The minimum absolute atomic E-state index is 0.532. The van der Waals surface area contributed by atoms with Gasteiger partial charge >= 0.3 is 5.97 Å². The second-order valence-electron chi connectivity index (χ2n) is 6.21. The highest BCUT2D eigenvalue weighted by atomic mass is 16.4. The summed E-state index contributed by atoms with van der Waals surface area (Å²) in [5.41, 5.74) is 0.00993. The van der Waals surface area contributed by atoms with Crippen molar-refractivity contribution in [2.24, 2.45) is 10.8 Å². The lowest BCUT2D eigenvalue weighted by atomic mass is 9.88. The van der Waals surface area contributed by atoms with Gasteiger partial charge in [-0.1, -0.05) is 53.9 Å². The number of unbranched alkanes of at least 4 members (excludes halogenated alkanes) is 1. The summed E-state index contributed by atoms with van der Waals surface area (Å²) in [6.45, 7) is 14.5. The van der Waals surface area contributed by atoms with Gasteiger partial charge in [0.1, 0.15) is 0 Å². The SMILES string of the molecule is CCC(C)(C)C.CCCCC(C)(C)C(=O)O. The molecular formula is C14H30O2. The molecule has 0 unspecified atom stereocenters. The van der Waals surface area contributed by atoms with Gasteiger partial charge in [-0.05, 0) is 25.7 Å². The fourth-order valence-corrected chi connectivity index (χ4v) is 0.726. The van der Waals surface area contributed by atoms with Crippen molar-refractivity contribution in [1.82, 2.24) is 0 Å². The van der Waals surface area contributed by atoms with Crippen LogP contribution in [0.5, 0.6) is 0 Å². The van der Waals surface area contributed by atoms with E-state index < -0.39 is 11.4 Å². The Morgan fingerprint density at radius 2 is 1.44 bits per heavy atom. The van der Waals surface area contributed by atoms with Gasteiger partial charge in [-0.15, -0.1) is 0 Å². The maximum absolute atomic E-state index is 10.5. The van der Waals surface area contributed by atoms with Crippen LogP contribution in [0.4, 0.5) is 0 Å². The van der Waals surface area contributed by atoms with E-state index in [0.717, 1.165) is 19.3 Å². The van der Waals surface area contributed by atoms with Crippen LogP contribution in [-0.2, 0) is 4.79 Å². The maximum atomic E-state index is 10.5. The van der Waals surface area contributed by atoms with Crippen LogP contribution in [0.3, 0.4) is 0 Å². The van der Waals surface area contributed by atoms with Gasteiger partial charge in [-0.3, -0.25) is 4.79 Å². The van der Waals surface area contributed by atoms with Crippen LogP contribution in [-0.4, -0.2) is 11.1 Å². The molecule has 0 atom stereocenters. The molecule has 0 radical (unpaired) electrons. The lowest BCUT2D eigenvalue weighted by molar-refractivity contribution is -0.147. The molecule has 0 spiro atoms. The minimum Gasteiger partial charge on any atom is -0.481 e. The van der Waals surface area contributed by atoms with Gasteiger partial charge in [-0.25, -0.2) is 0 Å². The predicted octanol–water partition coefficient (Wildman–Crippen LogP) is 4.73. The third kappa shape index (κ3) is 11.5. The van der Waals surface area contributed by atoms with Crippen LogP contribution in [0, 0.1) is 10.8 Å². The fraction of sp³-hybridized carbons (Fsp3) is 0.929. The highest BCUT2D eigenvalue weighted by Gasteiger charge is 2.25. The topological polar surface area (TPSA) is 37.3 Å². The third-order valence-corrected chi connectivity index (χ3v) is 2.79. The minimum atomic E-state index is -0.694. The van der Waals surface area contributed by atoms with Crippen LogP contribution in [0.25, 0.3) is 0 Å². The summed E-state index contributed by atoms with van der Waals surface area (Å²) in [7, 11) is 0. The van der Waals surface area contributed by atoms with Gasteiger partial charge in [-0.2, -0.15) is 0 Å². The van der Waals surface area contributed by atoms with E-state index in [1.54, 1.807) is 13.8 Å². The molecule has 0 aliphatic rings. The molecule has 0 saturated carbocycles. The quantitative estimate of drug-likeness (QED) is 0.758. The molecule has 0 aromatic heterocycles. The molecule has 98 valence electrons. The Labute approximate surface area is 101 Å². The number of aliphatic carboxylic acids is 1. The van der Waals surface area contributed by atoms with E-state index in [1.165, 1.54) is 6.42 Å². The highest BCUT2D eigenvalue weighted by Crippen LogP contribution is 2.22. The van der Waals surface area contributed by atoms with Crippen LogP contribution >= 0.6 is 0 Å². The van der Waals surface area contributed by atoms with Crippen LogP contribution in [0.15, 0.2) is 0 Å². The van der Waals surface area contributed by atoms with E-state index in [0.29, 0.717) is 5.41 Å². The predicted molar refractivity (Wildman–Crippen MR) is 70.7 cm³/mol. The first-order chi connectivity index (χ1) is 7.06. The monoisotopic (exact) mass is 230 g/mol. The van der Waals surface area contributed by atoms with Gasteiger partial charge < -0.3 is 5.11 Å². The number of rotatable bonds is 4. The molecule has 0 aromatic rings. The molecule has 0 amide bonds. The largest absolute Gasteiger partial charge is 0.481 e. The van der Waals surface area contributed by atoms with Crippen molar-refractivity contribution in [2.45, 2.75) is 74.1 Å². The van der Waals surface area contributed by atoms with Crippen molar-refractivity contribution < 1.29 is 9.90 Å². The van der Waals surface area contributed by atoms with E-state index in [-0.39, 0.29) is 0 Å². The Balaban J connectivity index is 0. The summed E-state index contributed by atoms with van der Waals surface area (Å²) >= 11 is 0. The first-order valence-corrected chi connectivity index (χ1v) is 6.30. The molecule has 16 heavy (non-hydrogen) atoms. The maximum Gasteiger partial charge on any atom is 0.309 e. The van der Waals surface area contributed by atoms with E-state index in [9.17, 15) is 4.79 Å². The van der Waals surface area contributed by atoms with Gasteiger partial charge in [0, 0.05) is 0 Å². The van der Waals surface area contributed by atoms with Crippen molar-refractivity contribution in [3.05, 3.63) is 0 Å². The Morgan fingerprint density at radius 3 is 1.62 bits per heavy atom. The van der Waals surface area contributed by atoms with Crippen molar-refractivity contribution in [1.29, 1.82) is 0 Å². The Morgan fingerprint density at radius 1 is 1.06 bits per heavy atom. The number of carbonyl (C=O) groups is 1. The highest BCUT2D eigenvalue weighted by molar-refractivity contribution is 5.73. The number of hydrogen-bond donors (Lipinski definition) is 1. The lowest BCUT2D eigenvalue weighted by Gasteiger charge is -2.17. The molecular weight excluding hydrogens is 200 g/mol. The molecule has 0 heterocycles. The summed E-state index contributed by atoms with van der Waals surface area (Å²) < 4.78 is 0. The van der Waals surface area contributed by atoms with E-state index in [4.69, 9.17) is 5.11 Å². The summed E-state index contributed by atoms with van der Waals surface area (Å²) in [5.74, 6) is -0.694. The molecule has 0 aromatic carbocycles. The fourth-order valence-electron chi connectivity index (χ4n) is 0.726. The standard InChI is InChI=1S/C8H16O2.C6H14/c1-4-5-6-8(2,3)7(9)10;1-5-6(2,3)4/h4-6H2,1-3H3,(H,9,10);5H2,1-4H3. The zero-order valence-corrected chi connectivity index (χ0v) is 12.2.